The minimum absolute atomic E-state index is 0.349. The van der Waals surface area contributed by atoms with E-state index in [1.807, 2.05) is 17.5 Å². The van der Waals surface area contributed by atoms with Crippen LogP contribution in [0.5, 0.6) is 0 Å². The van der Waals surface area contributed by atoms with Gasteiger partial charge in [0.05, 0.1) is 10.7 Å². The van der Waals surface area contributed by atoms with Crippen LogP contribution in [0.2, 0.25) is 5.02 Å². The van der Waals surface area contributed by atoms with Gasteiger partial charge in [-0.05, 0) is 39.5 Å². The van der Waals surface area contributed by atoms with Crippen LogP contribution in [0.4, 0.5) is 10.1 Å². The van der Waals surface area contributed by atoms with Crippen LogP contribution in [-0.4, -0.2) is 0 Å². The highest BCUT2D eigenvalue weighted by Gasteiger charge is 2.07. The second-order valence-electron chi connectivity index (χ2n) is 3.18. The predicted octanol–water partition coefficient (Wildman–Crippen LogP) is 4.92. The molecule has 0 fully saturated rings. The average molecular weight is 321 g/mol. The Kier molecular flexibility index (Phi) is 3.84. The molecule has 84 valence electrons. The van der Waals surface area contributed by atoms with E-state index in [2.05, 4.69) is 21.2 Å². The molecule has 1 nitrogen and oxygen atoms in total. The normalized spacial score (nSPS) is 10.4. The van der Waals surface area contributed by atoms with Crippen molar-refractivity contribution in [3.8, 4) is 0 Å². The number of anilines is 1. The molecule has 0 amide bonds. The first-order chi connectivity index (χ1) is 7.66. The Labute approximate surface area is 110 Å². The molecule has 0 saturated heterocycles. The summed E-state index contributed by atoms with van der Waals surface area (Å²) in [6.45, 7) is 0.682. The van der Waals surface area contributed by atoms with Crippen LogP contribution >= 0.6 is 38.9 Å². The van der Waals surface area contributed by atoms with Crippen molar-refractivity contribution in [1.82, 2.24) is 0 Å². The molecule has 1 heterocycles. The first-order valence-electron chi connectivity index (χ1n) is 4.57. The van der Waals surface area contributed by atoms with Crippen molar-refractivity contribution < 1.29 is 4.39 Å². The van der Waals surface area contributed by atoms with Gasteiger partial charge in [-0.1, -0.05) is 17.7 Å². The van der Waals surface area contributed by atoms with Crippen molar-refractivity contribution in [2.45, 2.75) is 6.54 Å². The van der Waals surface area contributed by atoms with Gasteiger partial charge in [-0.3, -0.25) is 0 Å². The van der Waals surface area contributed by atoms with Gasteiger partial charge in [0, 0.05) is 15.9 Å². The Hall–Kier alpha value is -0.580. The first kappa shape index (κ1) is 11.9. The third kappa shape index (κ3) is 2.75. The number of nitrogens with one attached hydrogen (secondary N) is 1. The maximum atomic E-state index is 13.0. The molecule has 5 heteroatoms. The van der Waals surface area contributed by atoms with Crippen LogP contribution in [0.25, 0.3) is 0 Å². The van der Waals surface area contributed by atoms with E-state index in [1.54, 1.807) is 11.3 Å². The fourth-order valence-corrected chi connectivity index (χ4v) is 2.90. The molecular weight excluding hydrogens is 313 g/mol. The molecule has 1 N–H and O–H groups in total. The van der Waals surface area contributed by atoms with Crippen LogP contribution in [-0.2, 0) is 6.54 Å². The highest BCUT2D eigenvalue weighted by atomic mass is 79.9. The maximum Gasteiger partial charge on any atom is 0.125 e. The minimum atomic E-state index is -0.349. The van der Waals surface area contributed by atoms with E-state index in [-0.39, 0.29) is 5.82 Å². The Morgan fingerprint density at radius 2 is 2.25 bits per heavy atom. The second-order valence-corrected chi connectivity index (χ2v) is 5.47. The zero-order valence-corrected chi connectivity index (χ0v) is 11.3. The summed E-state index contributed by atoms with van der Waals surface area (Å²) < 4.78 is 13.6. The molecule has 16 heavy (non-hydrogen) atoms. The number of hydrogen-bond acceptors (Lipinski definition) is 2. The van der Waals surface area contributed by atoms with Gasteiger partial charge < -0.3 is 5.32 Å². The molecule has 0 aliphatic heterocycles. The molecule has 2 aromatic rings. The van der Waals surface area contributed by atoms with Crippen LogP contribution in [0, 0.1) is 5.82 Å². The van der Waals surface area contributed by atoms with Crippen molar-refractivity contribution in [2.75, 3.05) is 5.32 Å². The lowest BCUT2D eigenvalue weighted by Gasteiger charge is -2.09. The lowest BCUT2D eigenvalue weighted by Crippen LogP contribution is -1.99. The quantitative estimate of drug-likeness (QED) is 0.847. The molecule has 0 unspecified atom stereocenters. The number of benzene rings is 1. The lowest BCUT2D eigenvalue weighted by molar-refractivity contribution is 0.627. The molecule has 0 aliphatic rings. The van der Waals surface area contributed by atoms with E-state index in [1.165, 1.54) is 17.0 Å². The zero-order chi connectivity index (χ0) is 11.5. The number of halogens is 3. The summed E-state index contributed by atoms with van der Waals surface area (Å²) in [4.78, 5) is 1.20. The van der Waals surface area contributed by atoms with Crippen molar-refractivity contribution in [3.63, 3.8) is 0 Å². The average Bonchev–Trinajstić information content (AvgIpc) is 2.68. The molecule has 0 atom stereocenters. The SMILES string of the molecule is Fc1cc(Cl)c(NCc2cccs2)c(Br)c1. The molecule has 0 radical (unpaired) electrons. The summed E-state index contributed by atoms with van der Waals surface area (Å²) in [5, 5.41) is 5.57. The molecular formula is C11H8BrClFNS. The molecule has 0 spiro atoms. The summed E-state index contributed by atoms with van der Waals surface area (Å²) in [7, 11) is 0. The summed E-state index contributed by atoms with van der Waals surface area (Å²) >= 11 is 10.9. The predicted molar refractivity (Wildman–Crippen MR) is 70.8 cm³/mol. The smallest absolute Gasteiger partial charge is 0.125 e. The monoisotopic (exact) mass is 319 g/mol. The molecule has 0 aliphatic carbocycles. The molecule has 1 aromatic heterocycles. The van der Waals surface area contributed by atoms with Gasteiger partial charge in [-0.25, -0.2) is 4.39 Å². The minimum Gasteiger partial charge on any atom is -0.378 e. The van der Waals surface area contributed by atoms with E-state index in [4.69, 9.17) is 11.6 Å². The van der Waals surface area contributed by atoms with Crippen LogP contribution in [0.3, 0.4) is 0 Å². The van der Waals surface area contributed by atoms with Gasteiger partial charge in [0.1, 0.15) is 5.82 Å². The highest BCUT2D eigenvalue weighted by molar-refractivity contribution is 9.10. The second kappa shape index (κ2) is 5.17. The maximum absolute atomic E-state index is 13.0. The van der Waals surface area contributed by atoms with Gasteiger partial charge in [-0.15, -0.1) is 11.3 Å². The standard InChI is InChI=1S/C11H8BrClFNS/c12-9-4-7(14)5-10(13)11(9)15-6-8-2-1-3-16-8/h1-5,15H,6H2. The summed E-state index contributed by atoms with van der Waals surface area (Å²) in [5.74, 6) is -0.349. The third-order valence-electron chi connectivity index (χ3n) is 2.03. The van der Waals surface area contributed by atoms with Gasteiger partial charge in [-0.2, -0.15) is 0 Å². The molecule has 2 rings (SSSR count). The van der Waals surface area contributed by atoms with Crippen molar-refractivity contribution >= 4 is 44.6 Å². The highest BCUT2D eigenvalue weighted by Crippen LogP contribution is 2.32. The molecule has 1 aromatic carbocycles. The summed E-state index contributed by atoms with van der Waals surface area (Å²) in [6, 6.07) is 6.71. The van der Waals surface area contributed by atoms with Crippen molar-refractivity contribution in [3.05, 3.63) is 49.8 Å². The van der Waals surface area contributed by atoms with E-state index < -0.39 is 0 Å². The molecule has 0 bridgehead atoms. The topological polar surface area (TPSA) is 12.0 Å². The Morgan fingerprint density at radius 3 is 2.88 bits per heavy atom. The third-order valence-corrected chi connectivity index (χ3v) is 3.83. The van der Waals surface area contributed by atoms with Crippen molar-refractivity contribution in [1.29, 1.82) is 0 Å². The van der Waals surface area contributed by atoms with Gasteiger partial charge in [0.2, 0.25) is 0 Å². The zero-order valence-electron chi connectivity index (χ0n) is 8.14. The van der Waals surface area contributed by atoms with Gasteiger partial charge in [0.15, 0.2) is 0 Å². The number of hydrogen-bond donors (Lipinski definition) is 1. The van der Waals surface area contributed by atoms with E-state index >= 15 is 0 Å². The van der Waals surface area contributed by atoms with Crippen LogP contribution in [0.1, 0.15) is 4.88 Å². The van der Waals surface area contributed by atoms with E-state index in [0.717, 1.165) is 5.69 Å². The Balaban J connectivity index is 2.15. The molecule has 0 saturated carbocycles. The largest absolute Gasteiger partial charge is 0.378 e. The van der Waals surface area contributed by atoms with Crippen LogP contribution < -0.4 is 5.32 Å². The summed E-state index contributed by atoms with van der Waals surface area (Å²) in [5.41, 5.74) is 0.719. The number of thiophene rings is 1. The van der Waals surface area contributed by atoms with Gasteiger partial charge >= 0.3 is 0 Å². The van der Waals surface area contributed by atoms with Crippen LogP contribution in [0.15, 0.2) is 34.1 Å². The number of rotatable bonds is 3. The Morgan fingerprint density at radius 1 is 1.44 bits per heavy atom. The summed E-state index contributed by atoms with van der Waals surface area (Å²) in [6.07, 6.45) is 0. The first-order valence-corrected chi connectivity index (χ1v) is 6.62. The lowest BCUT2D eigenvalue weighted by atomic mass is 10.3. The van der Waals surface area contributed by atoms with Gasteiger partial charge in [0.25, 0.3) is 0 Å². The van der Waals surface area contributed by atoms with Crippen molar-refractivity contribution in [2.24, 2.45) is 0 Å². The fraction of sp³-hybridized carbons (Fsp3) is 0.0909. The Bertz CT molecular complexity index is 464. The van der Waals surface area contributed by atoms with E-state index in [0.29, 0.717) is 16.0 Å². The fourth-order valence-electron chi connectivity index (χ4n) is 1.30. The van der Waals surface area contributed by atoms with E-state index in [9.17, 15) is 4.39 Å².